The molecule has 0 aromatic heterocycles. The Labute approximate surface area is 91.5 Å². The van der Waals surface area contributed by atoms with Crippen molar-refractivity contribution in [2.45, 2.75) is 13.0 Å². The highest BCUT2D eigenvalue weighted by Gasteiger charge is 2.39. The van der Waals surface area contributed by atoms with Crippen molar-refractivity contribution in [3.05, 3.63) is 12.1 Å². The maximum atomic E-state index is 11.6. The van der Waals surface area contributed by atoms with E-state index in [2.05, 4.69) is 4.74 Å². The van der Waals surface area contributed by atoms with E-state index in [1.807, 2.05) is 0 Å². The van der Waals surface area contributed by atoms with Gasteiger partial charge in [0.2, 0.25) is 5.91 Å². The Balaban J connectivity index is 3.01. The first-order valence-electron chi connectivity index (χ1n) is 4.35. The number of nitrogens with zero attached hydrogens (tertiary/aromatic N) is 1. The summed E-state index contributed by atoms with van der Waals surface area (Å²) in [7, 11) is 2.40. The molecule has 0 bridgehead atoms. The first-order valence-corrected chi connectivity index (χ1v) is 4.35. The molecule has 1 aliphatic heterocycles. The molecule has 0 aromatic carbocycles. The summed E-state index contributed by atoms with van der Waals surface area (Å²) < 4.78 is 14.0. The number of rotatable bonds is 2. The molecule has 0 radical (unpaired) electrons. The van der Waals surface area contributed by atoms with Gasteiger partial charge in [-0.25, -0.2) is 9.69 Å². The van der Waals surface area contributed by atoms with Crippen molar-refractivity contribution >= 4 is 17.8 Å². The summed E-state index contributed by atoms with van der Waals surface area (Å²) >= 11 is 0. The molecule has 1 rings (SSSR count). The van der Waals surface area contributed by atoms with Crippen molar-refractivity contribution in [1.82, 2.24) is 4.90 Å². The molecule has 0 spiro atoms. The lowest BCUT2D eigenvalue weighted by molar-refractivity contribution is -0.169. The number of carbonyl (C=O) groups is 3. The van der Waals surface area contributed by atoms with Crippen LogP contribution in [0.1, 0.15) is 6.92 Å². The van der Waals surface area contributed by atoms with Gasteiger partial charge in [0, 0.05) is 6.92 Å². The zero-order valence-corrected chi connectivity index (χ0v) is 9.05. The van der Waals surface area contributed by atoms with Crippen molar-refractivity contribution in [2.75, 3.05) is 14.2 Å². The second-order valence-corrected chi connectivity index (χ2v) is 2.90. The number of methoxy groups -OCH3 is 2. The van der Waals surface area contributed by atoms with Gasteiger partial charge in [0.05, 0.1) is 20.4 Å². The average molecular weight is 229 g/mol. The number of amides is 2. The summed E-state index contributed by atoms with van der Waals surface area (Å²) in [6.07, 6.45) is -0.432. The lowest BCUT2D eigenvalue weighted by atomic mass is 10.3. The normalized spacial score (nSPS) is 19.7. The highest BCUT2D eigenvalue weighted by atomic mass is 16.7. The van der Waals surface area contributed by atoms with Gasteiger partial charge in [-0.05, 0) is 0 Å². The topological polar surface area (TPSA) is 82.1 Å². The zero-order valence-electron chi connectivity index (χ0n) is 9.05. The minimum Gasteiger partial charge on any atom is -0.468 e. The molecule has 88 valence electrons. The van der Waals surface area contributed by atoms with Crippen LogP contribution >= 0.6 is 0 Å². The van der Waals surface area contributed by atoms with Crippen LogP contribution in [0, 0.1) is 0 Å². The van der Waals surface area contributed by atoms with E-state index in [9.17, 15) is 14.4 Å². The number of hydrogen-bond acceptors (Lipinski definition) is 6. The molecule has 1 aliphatic rings. The van der Waals surface area contributed by atoms with E-state index in [-0.39, 0.29) is 5.95 Å². The first-order chi connectivity index (χ1) is 7.51. The van der Waals surface area contributed by atoms with Crippen LogP contribution in [0.15, 0.2) is 12.1 Å². The number of ether oxygens (including phenoxy) is 3. The third-order valence-corrected chi connectivity index (χ3v) is 1.89. The number of hydrogen-bond donors (Lipinski definition) is 0. The fraction of sp³-hybridized carbons (Fsp3) is 0.444. The Bertz CT molecular complexity index is 361. The molecule has 0 saturated heterocycles. The summed E-state index contributed by atoms with van der Waals surface area (Å²) in [4.78, 5) is 34.7. The molecule has 7 heteroatoms. The summed E-state index contributed by atoms with van der Waals surface area (Å²) in [6, 6.07) is 0. The average Bonchev–Trinajstić information content (AvgIpc) is 2.28. The molecule has 0 fully saturated rings. The minimum atomic E-state index is -1.51. The van der Waals surface area contributed by atoms with Gasteiger partial charge in [0.1, 0.15) is 0 Å². The lowest BCUT2D eigenvalue weighted by Gasteiger charge is -2.26. The van der Waals surface area contributed by atoms with Gasteiger partial charge >= 0.3 is 5.97 Å². The quantitative estimate of drug-likeness (QED) is 0.463. The van der Waals surface area contributed by atoms with E-state index in [0.29, 0.717) is 0 Å². The minimum absolute atomic E-state index is 0.106. The molecule has 0 aliphatic carbocycles. The van der Waals surface area contributed by atoms with Crippen molar-refractivity contribution < 1.29 is 28.6 Å². The van der Waals surface area contributed by atoms with Crippen molar-refractivity contribution in [3.8, 4) is 0 Å². The van der Waals surface area contributed by atoms with Crippen LogP contribution in [0.25, 0.3) is 0 Å². The van der Waals surface area contributed by atoms with Gasteiger partial charge in [0.15, 0.2) is 0 Å². The van der Waals surface area contributed by atoms with Crippen LogP contribution < -0.4 is 0 Å². The third kappa shape index (κ3) is 2.13. The second kappa shape index (κ2) is 4.65. The number of imide groups is 1. The predicted octanol–water partition coefficient (Wildman–Crippen LogP) is -0.621. The maximum absolute atomic E-state index is 11.6. The summed E-state index contributed by atoms with van der Waals surface area (Å²) in [6.45, 7) is 1.18. The fourth-order valence-electron chi connectivity index (χ4n) is 1.10. The van der Waals surface area contributed by atoms with Crippen molar-refractivity contribution in [2.24, 2.45) is 0 Å². The van der Waals surface area contributed by atoms with Crippen molar-refractivity contribution in [1.29, 1.82) is 0 Å². The number of carbonyl (C=O) groups excluding carboxylic acids is 3. The number of esters is 1. The summed E-state index contributed by atoms with van der Waals surface area (Å²) in [5.74, 6) is -2.35. The SMILES string of the molecule is COC(=O)C1OC(OC)=CN(C(C)=O)C1=O. The largest absolute Gasteiger partial charge is 0.468 e. The van der Waals surface area contributed by atoms with Gasteiger partial charge < -0.3 is 14.2 Å². The molecule has 0 saturated carbocycles. The summed E-state index contributed by atoms with van der Waals surface area (Å²) in [5, 5.41) is 0. The maximum Gasteiger partial charge on any atom is 0.357 e. The van der Waals surface area contributed by atoms with Gasteiger partial charge in [-0.3, -0.25) is 9.59 Å². The van der Waals surface area contributed by atoms with Crippen LogP contribution in [0.2, 0.25) is 0 Å². The highest BCUT2D eigenvalue weighted by molar-refractivity contribution is 6.08. The van der Waals surface area contributed by atoms with Gasteiger partial charge in [-0.2, -0.15) is 0 Å². The van der Waals surface area contributed by atoms with Crippen LogP contribution in [0.3, 0.4) is 0 Å². The Morgan fingerprint density at radius 2 is 2.06 bits per heavy atom. The smallest absolute Gasteiger partial charge is 0.357 e. The predicted molar refractivity (Wildman–Crippen MR) is 49.5 cm³/mol. The van der Waals surface area contributed by atoms with Crippen LogP contribution in [-0.4, -0.2) is 43.0 Å². The van der Waals surface area contributed by atoms with E-state index < -0.39 is 23.9 Å². The van der Waals surface area contributed by atoms with E-state index >= 15 is 0 Å². The molecule has 0 N–H and O–H groups in total. The summed E-state index contributed by atoms with van der Waals surface area (Å²) in [5.41, 5.74) is 0. The zero-order chi connectivity index (χ0) is 12.3. The molecule has 1 atom stereocenters. The second-order valence-electron chi connectivity index (χ2n) is 2.90. The molecule has 2 amide bonds. The third-order valence-electron chi connectivity index (χ3n) is 1.89. The van der Waals surface area contributed by atoms with Gasteiger partial charge in [-0.1, -0.05) is 0 Å². The van der Waals surface area contributed by atoms with E-state index in [0.717, 1.165) is 18.2 Å². The molecule has 7 nitrogen and oxygen atoms in total. The van der Waals surface area contributed by atoms with Crippen molar-refractivity contribution in [3.63, 3.8) is 0 Å². The molecule has 0 aromatic rings. The first kappa shape index (κ1) is 12.0. The lowest BCUT2D eigenvalue weighted by Crippen LogP contribution is -2.47. The van der Waals surface area contributed by atoms with E-state index in [1.165, 1.54) is 14.0 Å². The van der Waals surface area contributed by atoms with E-state index in [1.54, 1.807) is 0 Å². The van der Waals surface area contributed by atoms with Gasteiger partial charge in [0.25, 0.3) is 18.0 Å². The molecule has 1 unspecified atom stereocenters. The monoisotopic (exact) mass is 229 g/mol. The molecular weight excluding hydrogens is 218 g/mol. The van der Waals surface area contributed by atoms with Crippen LogP contribution in [0.5, 0.6) is 0 Å². The molecule has 1 heterocycles. The van der Waals surface area contributed by atoms with Crippen LogP contribution in [-0.2, 0) is 28.6 Å². The molecular formula is C9H11NO6. The Hall–Kier alpha value is -2.05. The Morgan fingerprint density at radius 3 is 2.50 bits per heavy atom. The van der Waals surface area contributed by atoms with Gasteiger partial charge in [-0.15, -0.1) is 0 Å². The Kier molecular flexibility index (Phi) is 3.49. The fourth-order valence-corrected chi connectivity index (χ4v) is 1.10. The molecule has 16 heavy (non-hydrogen) atoms. The Morgan fingerprint density at radius 1 is 1.44 bits per heavy atom. The van der Waals surface area contributed by atoms with E-state index in [4.69, 9.17) is 9.47 Å². The highest BCUT2D eigenvalue weighted by Crippen LogP contribution is 2.16. The standard InChI is InChI=1S/C9H11NO6/c1-5(11)10-4-6(14-2)16-7(8(10)12)9(13)15-3/h4,7H,1-3H3. The van der Waals surface area contributed by atoms with Crippen LogP contribution in [0.4, 0.5) is 0 Å².